The van der Waals surface area contributed by atoms with Gasteiger partial charge in [-0.2, -0.15) is 0 Å². The first-order valence-electron chi connectivity index (χ1n) is 10.9. The second-order valence-electron chi connectivity index (χ2n) is 8.59. The largest absolute Gasteiger partial charge is 0.768 e. The molecule has 37 heavy (non-hydrogen) atoms. The highest BCUT2D eigenvalue weighted by Gasteiger charge is 2.30. The first-order chi connectivity index (χ1) is 17.5. The zero-order valence-corrected chi connectivity index (χ0v) is 23.1. The highest BCUT2D eigenvalue weighted by molar-refractivity contribution is 7.98. The molecule has 0 N–H and O–H groups in total. The van der Waals surface area contributed by atoms with Crippen LogP contribution in [0.2, 0.25) is 10.0 Å². The fourth-order valence-electron chi connectivity index (χ4n) is 3.89. The molecule has 4 rings (SSSR count). The maximum Gasteiger partial charge on any atom is 0.173 e. The van der Waals surface area contributed by atoms with Crippen molar-refractivity contribution in [2.45, 2.75) is 35.1 Å². The summed E-state index contributed by atoms with van der Waals surface area (Å²) in [5, 5.41) is 0.804. The lowest BCUT2D eigenvalue weighted by Crippen LogP contribution is -2.23. The van der Waals surface area contributed by atoms with Crippen molar-refractivity contribution in [3.8, 4) is 11.4 Å². The SMILES string of the molecule is COc1cc(C(C)(C)c2cnc(SCc3ccc(Cl)c(S(=O)[O-])c3F)n2-c2ccc(F)cc2)ccc1Cl. The van der Waals surface area contributed by atoms with Crippen molar-refractivity contribution in [2.24, 2.45) is 0 Å². The summed E-state index contributed by atoms with van der Waals surface area (Å²) in [6.45, 7) is 4.02. The molecule has 0 spiro atoms. The van der Waals surface area contributed by atoms with Crippen molar-refractivity contribution >= 4 is 46.0 Å². The molecule has 0 bridgehead atoms. The molecule has 1 heterocycles. The minimum atomic E-state index is -2.82. The van der Waals surface area contributed by atoms with Gasteiger partial charge in [0.15, 0.2) is 5.16 Å². The number of hydrogen-bond donors (Lipinski definition) is 0. The van der Waals surface area contributed by atoms with Gasteiger partial charge in [-0.25, -0.2) is 13.8 Å². The summed E-state index contributed by atoms with van der Waals surface area (Å²) in [5.41, 5.74) is 1.90. The Balaban J connectivity index is 1.79. The number of halogens is 4. The predicted molar refractivity (Wildman–Crippen MR) is 142 cm³/mol. The molecule has 0 amide bonds. The van der Waals surface area contributed by atoms with E-state index in [1.54, 1.807) is 31.5 Å². The van der Waals surface area contributed by atoms with E-state index in [-0.39, 0.29) is 22.2 Å². The van der Waals surface area contributed by atoms with Crippen molar-refractivity contribution in [3.05, 3.63) is 99.3 Å². The van der Waals surface area contributed by atoms with E-state index in [4.69, 9.17) is 27.9 Å². The van der Waals surface area contributed by atoms with Gasteiger partial charge in [0.2, 0.25) is 0 Å². The van der Waals surface area contributed by atoms with Gasteiger partial charge in [-0.05, 0) is 64.7 Å². The van der Waals surface area contributed by atoms with Crippen LogP contribution in [-0.4, -0.2) is 25.4 Å². The van der Waals surface area contributed by atoms with Crippen LogP contribution in [0, 0.1) is 11.6 Å². The molecule has 0 saturated heterocycles. The average molecular weight is 583 g/mol. The summed E-state index contributed by atoms with van der Waals surface area (Å²) >= 11 is 10.5. The topological polar surface area (TPSA) is 67.2 Å². The van der Waals surface area contributed by atoms with Crippen LogP contribution in [0.3, 0.4) is 0 Å². The van der Waals surface area contributed by atoms with E-state index >= 15 is 0 Å². The standard InChI is InChI=1S/C26H22Cl2F2N2O3S2/c1-26(2,16-5-11-19(27)21(12-16)35-3)22-13-31-25(32(22)18-8-6-17(29)7-9-18)36-14-15-4-10-20(28)24(23(15)30)37(33)34/h4-13H,14H2,1-3H3,(H,33,34)/p-1. The number of aromatic nitrogens is 2. The molecule has 5 nitrogen and oxygen atoms in total. The van der Waals surface area contributed by atoms with Gasteiger partial charge < -0.3 is 9.29 Å². The summed E-state index contributed by atoms with van der Waals surface area (Å²) in [6.07, 6.45) is 1.71. The van der Waals surface area contributed by atoms with Crippen molar-refractivity contribution in [1.29, 1.82) is 0 Å². The van der Waals surface area contributed by atoms with Crippen molar-refractivity contribution in [2.75, 3.05) is 7.11 Å². The van der Waals surface area contributed by atoms with Crippen molar-refractivity contribution in [1.82, 2.24) is 9.55 Å². The van der Waals surface area contributed by atoms with Crippen molar-refractivity contribution < 1.29 is 22.3 Å². The summed E-state index contributed by atoms with van der Waals surface area (Å²) in [5.74, 6) is -0.677. The predicted octanol–water partition coefficient (Wildman–Crippen LogP) is 7.32. The second-order valence-corrected chi connectivity index (χ2v) is 11.2. The lowest BCUT2D eigenvalue weighted by atomic mass is 9.81. The summed E-state index contributed by atoms with van der Waals surface area (Å²) < 4.78 is 58.8. The van der Waals surface area contributed by atoms with Gasteiger partial charge in [0.1, 0.15) is 17.4 Å². The van der Waals surface area contributed by atoms with Crippen LogP contribution >= 0.6 is 35.0 Å². The fraction of sp³-hybridized carbons (Fsp3) is 0.192. The Kier molecular flexibility index (Phi) is 8.30. The lowest BCUT2D eigenvalue weighted by Gasteiger charge is -2.28. The molecular weight excluding hydrogens is 561 g/mol. The van der Waals surface area contributed by atoms with E-state index < -0.39 is 27.2 Å². The maximum absolute atomic E-state index is 14.9. The van der Waals surface area contributed by atoms with Crippen molar-refractivity contribution in [3.63, 3.8) is 0 Å². The Morgan fingerprint density at radius 1 is 1.08 bits per heavy atom. The van der Waals surface area contributed by atoms with Gasteiger partial charge in [-0.3, -0.25) is 8.78 Å². The number of benzene rings is 3. The third-order valence-corrected chi connectivity index (χ3v) is 8.45. The number of imidazole rings is 1. The Labute approximate surface area is 230 Å². The quantitative estimate of drug-likeness (QED) is 0.161. The normalized spacial score (nSPS) is 12.5. The summed E-state index contributed by atoms with van der Waals surface area (Å²) in [7, 11) is 1.54. The van der Waals surface area contributed by atoms with Crippen LogP contribution in [0.5, 0.6) is 5.75 Å². The Morgan fingerprint density at radius 3 is 2.41 bits per heavy atom. The van der Waals surface area contributed by atoms with Gasteiger partial charge in [-0.15, -0.1) is 0 Å². The summed E-state index contributed by atoms with van der Waals surface area (Å²) in [4.78, 5) is 4.02. The molecule has 0 aliphatic carbocycles. The molecule has 0 aliphatic heterocycles. The van der Waals surface area contributed by atoms with Crippen LogP contribution in [0.25, 0.3) is 5.69 Å². The van der Waals surface area contributed by atoms with E-state index in [2.05, 4.69) is 4.98 Å². The number of ether oxygens (including phenoxy) is 1. The minimum absolute atomic E-state index is 0.0834. The van der Waals surface area contributed by atoms with Gasteiger partial charge >= 0.3 is 0 Å². The molecule has 1 atom stereocenters. The fourth-order valence-corrected chi connectivity index (χ4v) is 5.90. The van der Waals surface area contributed by atoms with Gasteiger partial charge in [0, 0.05) is 16.9 Å². The third-order valence-electron chi connectivity index (χ3n) is 5.98. The Morgan fingerprint density at radius 2 is 1.76 bits per heavy atom. The number of nitrogens with zero attached hydrogens (tertiary/aromatic N) is 2. The van der Waals surface area contributed by atoms with E-state index in [9.17, 15) is 17.5 Å². The monoisotopic (exact) mass is 581 g/mol. The molecule has 194 valence electrons. The summed E-state index contributed by atoms with van der Waals surface area (Å²) in [6, 6.07) is 14.2. The first kappa shape index (κ1) is 27.6. The molecule has 1 aromatic heterocycles. The average Bonchev–Trinajstić information content (AvgIpc) is 3.29. The van der Waals surface area contributed by atoms with E-state index in [0.717, 1.165) is 11.3 Å². The van der Waals surface area contributed by atoms with E-state index in [1.807, 2.05) is 30.5 Å². The van der Waals surface area contributed by atoms with Crippen LogP contribution in [0.15, 0.2) is 70.8 Å². The van der Waals surface area contributed by atoms with Crippen LogP contribution in [0.4, 0.5) is 8.78 Å². The molecule has 0 radical (unpaired) electrons. The maximum atomic E-state index is 14.9. The smallest absolute Gasteiger partial charge is 0.173 e. The lowest BCUT2D eigenvalue weighted by molar-refractivity contribution is 0.413. The molecule has 0 fully saturated rings. The highest BCUT2D eigenvalue weighted by atomic mass is 35.5. The van der Waals surface area contributed by atoms with E-state index in [1.165, 1.54) is 36.0 Å². The number of rotatable bonds is 8. The molecule has 4 aromatic rings. The Bertz CT molecular complexity index is 1480. The zero-order chi connectivity index (χ0) is 26.9. The van der Waals surface area contributed by atoms with Gasteiger partial charge in [0.25, 0.3) is 0 Å². The van der Waals surface area contributed by atoms with Gasteiger partial charge in [-0.1, -0.05) is 60.9 Å². The number of thioether (sulfide) groups is 1. The molecular formula is C26H21Cl2F2N2O3S2-. The number of hydrogen-bond acceptors (Lipinski definition) is 5. The highest BCUT2D eigenvalue weighted by Crippen LogP contribution is 2.39. The van der Waals surface area contributed by atoms with Gasteiger partial charge in [0.05, 0.1) is 33.9 Å². The van der Waals surface area contributed by atoms with Crippen LogP contribution < -0.4 is 4.74 Å². The van der Waals surface area contributed by atoms with Crippen LogP contribution in [0.1, 0.15) is 30.7 Å². The minimum Gasteiger partial charge on any atom is -0.768 e. The second kappa shape index (κ2) is 11.1. The third kappa shape index (κ3) is 5.56. The molecule has 3 aromatic carbocycles. The number of methoxy groups -OCH3 is 1. The zero-order valence-electron chi connectivity index (χ0n) is 19.9. The van der Waals surface area contributed by atoms with Crippen LogP contribution in [-0.2, 0) is 22.2 Å². The first-order valence-corrected chi connectivity index (χ1v) is 13.7. The molecule has 11 heteroatoms. The Hall–Kier alpha value is -2.43. The molecule has 0 saturated carbocycles. The van der Waals surface area contributed by atoms with E-state index in [0.29, 0.717) is 21.6 Å². The molecule has 0 aliphatic rings. The molecule has 1 unspecified atom stereocenters.